The average Bonchev–Trinajstić information content (AvgIpc) is 2.25. The lowest BCUT2D eigenvalue weighted by molar-refractivity contribution is -0.118. The molecule has 1 aromatic carbocycles. The lowest BCUT2D eigenvalue weighted by atomic mass is 10.2. The fraction of sp³-hybridized carbons (Fsp3) is 0.417. The number of carbonyl (C=O) groups is 1. The van der Waals surface area contributed by atoms with E-state index in [-0.39, 0.29) is 11.7 Å². The third-order valence-corrected chi connectivity index (χ3v) is 2.17. The summed E-state index contributed by atoms with van der Waals surface area (Å²) in [4.78, 5) is 10.6. The molecule has 0 aromatic heterocycles. The second-order valence-corrected chi connectivity index (χ2v) is 3.68. The van der Waals surface area contributed by atoms with Crippen LogP contribution in [0, 0.1) is 0 Å². The highest BCUT2D eigenvalue weighted by molar-refractivity contribution is 5.72. The molecular formula is C12H18N2O2. The van der Waals surface area contributed by atoms with Gasteiger partial charge in [0.15, 0.2) is 0 Å². The van der Waals surface area contributed by atoms with Crippen LogP contribution in [0.5, 0.6) is 5.75 Å². The van der Waals surface area contributed by atoms with E-state index in [1.165, 1.54) is 6.92 Å². The summed E-state index contributed by atoms with van der Waals surface area (Å²) in [5.74, 6) is 0.299. The number of aromatic hydroxyl groups is 1. The molecule has 0 spiro atoms. The van der Waals surface area contributed by atoms with Crippen molar-refractivity contribution in [3.63, 3.8) is 0 Å². The zero-order valence-corrected chi connectivity index (χ0v) is 9.49. The molecule has 0 bridgehead atoms. The molecule has 4 nitrogen and oxygen atoms in total. The lowest BCUT2D eigenvalue weighted by Gasteiger charge is -2.05. The van der Waals surface area contributed by atoms with Gasteiger partial charge in [0.2, 0.25) is 5.91 Å². The molecule has 0 unspecified atom stereocenters. The van der Waals surface area contributed by atoms with E-state index in [1.54, 1.807) is 12.1 Å². The largest absolute Gasteiger partial charge is 0.508 e. The van der Waals surface area contributed by atoms with E-state index in [0.717, 1.165) is 25.1 Å². The molecular weight excluding hydrogens is 204 g/mol. The summed E-state index contributed by atoms with van der Waals surface area (Å²) in [5, 5.41) is 15.1. The molecule has 1 rings (SSSR count). The Balaban J connectivity index is 2.07. The topological polar surface area (TPSA) is 61.4 Å². The third kappa shape index (κ3) is 5.36. The van der Waals surface area contributed by atoms with Crippen LogP contribution in [0.25, 0.3) is 0 Å². The first-order chi connectivity index (χ1) is 7.68. The molecule has 0 heterocycles. The molecule has 1 aromatic rings. The van der Waals surface area contributed by atoms with Crippen molar-refractivity contribution in [3.8, 4) is 5.75 Å². The van der Waals surface area contributed by atoms with Gasteiger partial charge in [-0.25, -0.2) is 0 Å². The molecule has 16 heavy (non-hydrogen) atoms. The maximum absolute atomic E-state index is 10.6. The number of benzene rings is 1. The van der Waals surface area contributed by atoms with Gasteiger partial charge in [-0.2, -0.15) is 0 Å². The van der Waals surface area contributed by atoms with Crippen molar-refractivity contribution in [1.82, 2.24) is 10.6 Å². The number of amides is 1. The molecule has 1 amide bonds. The predicted octanol–water partition coefficient (Wildman–Crippen LogP) is 1.01. The Kier molecular flexibility index (Phi) is 5.36. The Morgan fingerprint density at radius 2 is 1.94 bits per heavy atom. The highest BCUT2D eigenvalue weighted by Gasteiger charge is 1.94. The molecule has 0 aliphatic heterocycles. The Labute approximate surface area is 95.7 Å². The van der Waals surface area contributed by atoms with Crippen LogP contribution in [0.4, 0.5) is 0 Å². The summed E-state index contributed by atoms with van der Waals surface area (Å²) >= 11 is 0. The number of phenolic OH excluding ortho intramolecular Hbond substituents is 1. The molecule has 0 radical (unpaired) electrons. The van der Waals surface area contributed by atoms with E-state index in [1.807, 2.05) is 12.1 Å². The van der Waals surface area contributed by atoms with Crippen molar-refractivity contribution in [1.29, 1.82) is 0 Å². The highest BCUT2D eigenvalue weighted by atomic mass is 16.3. The fourth-order valence-corrected chi connectivity index (χ4v) is 1.32. The third-order valence-electron chi connectivity index (χ3n) is 2.17. The number of carbonyl (C=O) groups excluding carboxylic acids is 1. The van der Waals surface area contributed by atoms with Gasteiger partial charge in [0, 0.05) is 20.0 Å². The Morgan fingerprint density at radius 1 is 1.25 bits per heavy atom. The first kappa shape index (κ1) is 12.5. The highest BCUT2D eigenvalue weighted by Crippen LogP contribution is 2.08. The van der Waals surface area contributed by atoms with Gasteiger partial charge in [0.25, 0.3) is 0 Å². The molecule has 0 aliphatic rings. The fourth-order valence-electron chi connectivity index (χ4n) is 1.32. The van der Waals surface area contributed by atoms with Crippen LogP contribution in [0.15, 0.2) is 24.3 Å². The van der Waals surface area contributed by atoms with E-state index in [9.17, 15) is 4.79 Å². The number of nitrogens with one attached hydrogen (secondary N) is 2. The summed E-state index contributed by atoms with van der Waals surface area (Å²) in [7, 11) is 0. The van der Waals surface area contributed by atoms with Gasteiger partial charge in [-0.05, 0) is 30.7 Å². The van der Waals surface area contributed by atoms with Gasteiger partial charge in [-0.3, -0.25) is 4.79 Å². The molecule has 4 heteroatoms. The minimum absolute atomic E-state index is 0.0125. The Hall–Kier alpha value is -1.55. The zero-order chi connectivity index (χ0) is 11.8. The molecule has 0 saturated heterocycles. The zero-order valence-electron chi connectivity index (χ0n) is 9.49. The van der Waals surface area contributed by atoms with E-state index in [2.05, 4.69) is 10.6 Å². The van der Waals surface area contributed by atoms with Crippen molar-refractivity contribution >= 4 is 5.91 Å². The van der Waals surface area contributed by atoms with Gasteiger partial charge < -0.3 is 15.7 Å². The average molecular weight is 222 g/mol. The smallest absolute Gasteiger partial charge is 0.216 e. The van der Waals surface area contributed by atoms with Crippen LogP contribution in [0.2, 0.25) is 0 Å². The molecule has 88 valence electrons. The first-order valence-corrected chi connectivity index (χ1v) is 5.41. The molecule has 0 saturated carbocycles. The summed E-state index contributed by atoms with van der Waals surface area (Å²) in [6.07, 6.45) is 0.914. The molecule has 3 N–H and O–H groups in total. The Morgan fingerprint density at radius 3 is 2.56 bits per heavy atom. The first-order valence-electron chi connectivity index (χ1n) is 5.41. The minimum Gasteiger partial charge on any atom is -0.508 e. The maximum atomic E-state index is 10.6. The van der Waals surface area contributed by atoms with Crippen LogP contribution in [0.3, 0.4) is 0 Å². The lowest BCUT2D eigenvalue weighted by Crippen LogP contribution is -2.24. The number of hydrogen-bond donors (Lipinski definition) is 3. The SMILES string of the molecule is CC(=O)NCCCNCc1ccc(O)cc1. The van der Waals surface area contributed by atoms with Crippen LogP contribution < -0.4 is 10.6 Å². The van der Waals surface area contributed by atoms with Crippen LogP contribution in [-0.4, -0.2) is 24.1 Å². The standard InChI is InChI=1S/C12H18N2O2/c1-10(15)14-8-2-7-13-9-11-3-5-12(16)6-4-11/h3-6,13,16H,2,7-9H2,1H3,(H,14,15). The van der Waals surface area contributed by atoms with Gasteiger partial charge in [0.1, 0.15) is 5.75 Å². The molecule has 0 atom stereocenters. The van der Waals surface area contributed by atoms with E-state index < -0.39 is 0 Å². The van der Waals surface area contributed by atoms with Gasteiger partial charge in [0.05, 0.1) is 0 Å². The van der Waals surface area contributed by atoms with Crippen molar-refractivity contribution in [2.45, 2.75) is 19.9 Å². The molecule has 0 aliphatic carbocycles. The summed E-state index contributed by atoms with van der Waals surface area (Å²) in [6.45, 7) is 3.86. The Bertz CT molecular complexity index is 322. The summed E-state index contributed by atoms with van der Waals surface area (Å²) in [6, 6.07) is 7.12. The minimum atomic E-state index is 0.0125. The normalized spacial score (nSPS) is 10.1. The second-order valence-electron chi connectivity index (χ2n) is 3.68. The van der Waals surface area contributed by atoms with Gasteiger partial charge >= 0.3 is 0 Å². The van der Waals surface area contributed by atoms with Crippen molar-refractivity contribution in [2.24, 2.45) is 0 Å². The van der Waals surface area contributed by atoms with Crippen molar-refractivity contribution < 1.29 is 9.90 Å². The molecule has 0 fully saturated rings. The van der Waals surface area contributed by atoms with Gasteiger partial charge in [-0.1, -0.05) is 12.1 Å². The summed E-state index contributed by atoms with van der Waals surface area (Å²) in [5.41, 5.74) is 1.14. The van der Waals surface area contributed by atoms with Crippen LogP contribution in [-0.2, 0) is 11.3 Å². The number of phenols is 1. The second kappa shape index (κ2) is 6.85. The quantitative estimate of drug-likeness (QED) is 0.629. The number of rotatable bonds is 6. The van der Waals surface area contributed by atoms with E-state index >= 15 is 0 Å². The van der Waals surface area contributed by atoms with E-state index in [0.29, 0.717) is 6.54 Å². The maximum Gasteiger partial charge on any atom is 0.216 e. The monoisotopic (exact) mass is 222 g/mol. The number of hydrogen-bond acceptors (Lipinski definition) is 3. The van der Waals surface area contributed by atoms with Crippen LogP contribution >= 0.6 is 0 Å². The summed E-state index contributed by atoms with van der Waals surface area (Å²) < 4.78 is 0. The van der Waals surface area contributed by atoms with Crippen molar-refractivity contribution in [2.75, 3.05) is 13.1 Å². The van der Waals surface area contributed by atoms with Crippen molar-refractivity contribution in [3.05, 3.63) is 29.8 Å². The van der Waals surface area contributed by atoms with E-state index in [4.69, 9.17) is 5.11 Å². The predicted molar refractivity (Wildman–Crippen MR) is 63.1 cm³/mol. The van der Waals surface area contributed by atoms with Gasteiger partial charge in [-0.15, -0.1) is 0 Å². The van der Waals surface area contributed by atoms with Crippen LogP contribution in [0.1, 0.15) is 18.9 Å².